The summed E-state index contributed by atoms with van der Waals surface area (Å²) in [6, 6.07) is 23.1. The molecule has 1 aliphatic rings. The number of rotatable bonds is 5. The van der Waals surface area contributed by atoms with Crippen LogP contribution < -0.4 is 15.0 Å². The van der Waals surface area contributed by atoms with Crippen molar-refractivity contribution >= 4 is 23.0 Å². The van der Waals surface area contributed by atoms with Gasteiger partial charge in [-0.05, 0) is 74.1 Å². The molecule has 0 amide bonds. The number of benzene rings is 2. The quantitative estimate of drug-likeness (QED) is 0.382. The molecule has 2 N–H and O–H groups in total. The van der Waals surface area contributed by atoms with Gasteiger partial charge >= 0.3 is 0 Å². The fourth-order valence-electron chi connectivity index (χ4n) is 4.82. The van der Waals surface area contributed by atoms with Crippen LogP contribution in [0, 0.1) is 13.8 Å². The molecule has 0 saturated carbocycles. The standard InChI is InChI=1S/C27H26N4O2S/c1-17-15-21(18(2)30(17)23-12-4-5-13-24(23)32)26-25(22-11-6-7-14-28-22)29-27(34)31(26)19-9-8-10-20(16-19)33-3/h4-16,25-26,32H,1-3H3,(H,29,34)/t25-,26+/m1/s1. The Balaban J connectivity index is 1.70. The van der Waals surface area contributed by atoms with Crippen molar-refractivity contribution in [2.45, 2.75) is 25.9 Å². The van der Waals surface area contributed by atoms with E-state index in [0.717, 1.165) is 39.8 Å². The van der Waals surface area contributed by atoms with E-state index in [1.165, 1.54) is 0 Å². The Bertz CT molecular complexity index is 1350. The summed E-state index contributed by atoms with van der Waals surface area (Å²) in [7, 11) is 1.66. The number of pyridine rings is 1. The predicted octanol–water partition coefficient (Wildman–Crippen LogP) is 5.38. The number of phenolic OH excluding ortho intramolecular Hbond substituents is 1. The molecule has 1 fully saturated rings. The molecule has 7 heteroatoms. The van der Waals surface area contributed by atoms with Crippen LogP contribution in [0.15, 0.2) is 79.0 Å². The molecule has 1 saturated heterocycles. The molecule has 0 spiro atoms. The maximum atomic E-state index is 10.6. The zero-order valence-electron chi connectivity index (χ0n) is 19.3. The number of ether oxygens (including phenoxy) is 1. The van der Waals surface area contributed by atoms with E-state index >= 15 is 0 Å². The van der Waals surface area contributed by atoms with Crippen molar-refractivity contribution in [1.29, 1.82) is 0 Å². The fraction of sp³-hybridized carbons (Fsp3) is 0.185. The lowest BCUT2D eigenvalue weighted by Gasteiger charge is -2.28. The number of aromatic hydroxyl groups is 1. The van der Waals surface area contributed by atoms with E-state index < -0.39 is 0 Å². The normalized spacial score (nSPS) is 17.6. The lowest BCUT2D eigenvalue weighted by atomic mass is 9.96. The Morgan fingerprint density at radius 1 is 1.00 bits per heavy atom. The Morgan fingerprint density at radius 2 is 1.79 bits per heavy atom. The van der Waals surface area contributed by atoms with Crippen LogP contribution in [0.5, 0.6) is 11.5 Å². The van der Waals surface area contributed by atoms with Gasteiger partial charge in [0, 0.05) is 29.3 Å². The molecule has 3 heterocycles. The van der Waals surface area contributed by atoms with E-state index in [-0.39, 0.29) is 17.8 Å². The van der Waals surface area contributed by atoms with Crippen LogP contribution in [0.3, 0.4) is 0 Å². The first-order chi connectivity index (χ1) is 16.5. The van der Waals surface area contributed by atoms with Crippen molar-refractivity contribution in [3.8, 4) is 17.2 Å². The van der Waals surface area contributed by atoms with Crippen molar-refractivity contribution in [1.82, 2.24) is 14.9 Å². The molecule has 2 atom stereocenters. The SMILES string of the molecule is COc1cccc(N2C(=S)N[C@H](c3ccccn3)[C@@H]2c2cc(C)n(-c3ccccc3O)c2C)c1. The van der Waals surface area contributed by atoms with Gasteiger partial charge in [-0.15, -0.1) is 0 Å². The van der Waals surface area contributed by atoms with E-state index in [9.17, 15) is 5.11 Å². The zero-order valence-corrected chi connectivity index (χ0v) is 20.1. The van der Waals surface area contributed by atoms with Crippen LogP contribution in [0.4, 0.5) is 5.69 Å². The smallest absolute Gasteiger partial charge is 0.174 e. The average Bonchev–Trinajstić information content (AvgIpc) is 3.35. The monoisotopic (exact) mass is 470 g/mol. The molecule has 1 aliphatic heterocycles. The Hall–Kier alpha value is -3.84. The van der Waals surface area contributed by atoms with Crippen molar-refractivity contribution in [3.63, 3.8) is 0 Å². The van der Waals surface area contributed by atoms with E-state index in [0.29, 0.717) is 5.11 Å². The van der Waals surface area contributed by atoms with Crippen LogP contribution in [-0.4, -0.2) is 26.9 Å². The minimum Gasteiger partial charge on any atom is -0.506 e. The number of nitrogens with one attached hydrogen (secondary N) is 1. The highest BCUT2D eigenvalue weighted by Gasteiger charge is 2.42. The topological polar surface area (TPSA) is 62.5 Å². The molecule has 2 aromatic carbocycles. The summed E-state index contributed by atoms with van der Waals surface area (Å²) in [5.41, 5.74) is 5.76. The molecule has 5 rings (SSSR count). The van der Waals surface area contributed by atoms with Gasteiger partial charge in [-0.3, -0.25) is 4.98 Å². The van der Waals surface area contributed by atoms with Crippen LogP contribution in [0.1, 0.15) is 34.7 Å². The number of para-hydroxylation sites is 2. The first-order valence-electron chi connectivity index (χ1n) is 11.1. The molecule has 0 aliphatic carbocycles. The van der Waals surface area contributed by atoms with Crippen molar-refractivity contribution in [2.24, 2.45) is 0 Å². The lowest BCUT2D eigenvalue weighted by Crippen LogP contribution is -2.29. The Labute approximate surface area is 204 Å². The zero-order chi connectivity index (χ0) is 23.8. The van der Waals surface area contributed by atoms with Gasteiger partial charge in [-0.2, -0.15) is 0 Å². The lowest BCUT2D eigenvalue weighted by molar-refractivity contribution is 0.415. The Kier molecular flexibility index (Phi) is 5.71. The van der Waals surface area contributed by atoms with Gasteiger partial charge in [-0.1, -0.05) is 24.3 Å². The largest absolute Gasteiger partial charge is 0.506 e. The molecule has 0 radical (unpaired) electrons. The fourth-order valence-corrected chi connectivity index (χ4v) is 5.17. The number of nitrogens with zero attached hydrogens (tertiary/aromatic N) is 3. The third-order valence-corrected chi connectivity index (χ3v) is 6.66. The first-order valence-corrected chi connectivity index (χ1v) is 11.5. The molecular weight excluding hydrogens is 444 g/mol. The third-order valence-electron chi connectivity index (χ3n) is 6.34. The average molecular weight is 471 g/mol. The summed E-state index contributed by atoms with van der Waals surface area (Å²) >= 11 is 5.85. The second kappa shape index (κ2) is 8.83. The second-order valence-corrected chi connectivity index (χ2v) is 8.74. The number of anilines is 1. The highest BCUT2D eigenvalue weighted by atomic mass is 32.1. The van der Waals surface area contributed by atoms with Gasteiger partial charge in [0.2, 0.25) is 0 Å². The summed E-state index contributed by atoms with van der Waals surface area (Å²) in [6.45, 7) is 4.13. The van der Waals surface area contributed by atoms with Gasteiger partial charge < -0.3 is 24.6 Å². The van der Waals surface area contributed by atoms with Gasteiger partial charge in [-0.25, -0.2) is 0 Å². The van der Waals surface area contributed by atoms with Crippen molar-refractivity contribution < 1.29 is 9.84 Å². The maximum absolute atomic E-state index is 10.6. The number of hydrogen-bond acceptors (Lipinski definition) is 4. The maximum Gasteiger partial charge on any atom is 0.174 e. The van der Waals surface area contributed by atoms with Crippen LogP contribution in [0.2, 0.25) is 0 Å². The summed E-state index contributed by atoms with van der Waals surface area (Å²) in [4.78, 5) is 6.78. The molecule has 6 nitrogen and oxygen atoms in total. The van der Waals surface area contributed by atoms with Crippen LogP contribution >= 0.6 is 12.2 Å². The minimum atomic E-state index is -0.154. The van der Waals surface area contributed by atoms with Gasteiger partial charge in [0.15, 0.2) is 5.11 Å². The minimum absolute atomic E-state index is 0.152. The summed E-state index contributed by atoms with van der Waals surface area (Å²) in [5, 5.41) is 14.7. The summed E-state index contributed by atoms with van der Waals surface area (Å²) < 4.78 is 7.57. The molecule has 0 bridgehead atoms. The highest BCUT2D eigenvalue weighted by Crippen LogP contribution is 2.44. The number of phenols is 1. The van der Waals surface area contributed by atoms with E-state index in [1.54, 1.807) is 19.4 Å². The number of thiocarbonyl (C=S) groups is 1. The van der Waals surface area contributed by atoms with Crippen molar-refractivity contribution in [2.75, 3.05) is 12.0 Å². The number of hydrogen-bond donors (Lipinski definition) is 2. The Morgan fingerprint density at radius 3 is 2.53 bits per heavy atom. The van der Waals surface area contributed by atoms with Gasteiger partial charge in [0.25, 0.3) is 0 Å². The number of methoxy groups -OCH3 is 1. The highest BCUT2D eigenvalue weighted by molar-refractivity contribution is 7.80. The molecule has 34 heavy (non-hydrogen) atoms. The molecule has 2 aromatic heterocycles. The van der Waals surface area contributed by atoms with Crippen molar-refractivity contribution in [3.05, 3.63) is 102 Å². The molecule has 4 aromatic rings. The third kappa shape index (κ3) is 3.68. The van der Waals surface area contributed by atoms with E-state index in [4.69, 9.17) is 17.0 Å². The van der Waals surface area contributed by atoms with E-state index in [1.807, 2.05) is 60.7 Å². The van der Waals surface area contributed by atoms with Crippen LogP contribution in [-0.2, 0) is 0 Å². The van der Waals surface area contributed by atoms with Gasteiger partial charge in [0.05, 0.1) is 30.6 Å². The first kappa shape index (κ1) is 22.0. The molecular formula is C27H26N4O2S. The number of aryl methyl sites for hydroxylation is 1. The van der Waals surface area contributed by atoms with E-state index in [2.05, 4.69) is 39.7 Å². The second-order valence-electron chi connectivity index (χ2n) is 8.35. The van der Waals surface area contributed by atoms with Gasteiger partial charge in [0.1, 0.15) is 11.5 Å². The molecule has 172 valence electrons. The molecule has 0 unspecified atom stereocenters. The van der Waals surface area contributed by atoms with Crippen LogP contribution in [0.25, 0.3) is 5.69 Å². The summed E-state index contributed by atoms with van der Waals surface area (Å²) in [6.07, 6.45) is 1.80. The summed E-state index contributed by atoms with van der Waals surface area (Å²) in [5.74, 6) is 1.00. The number of aromatic nitrogens is 2. The predicted molar refractivity (Wildman–Crippen MR) is 138 cm³/mol.